The van der Waals surface area contributed by atoms with E-state index in [9.17, 15) is 19.1 Å². The molecule has 222 valence electrons. The second kappa shape index (κ2) is 10.1. The molecule has 4 fully saturated rings. The summed E-state index contributed by atoms with van der Waals surface area (Å²) in [6.45, 7) is 7.66. The summed E-state index contributed by atoms with van der Waals surface area (Å²) < 4.78 is 16.9. The van der Waals surface area contributed by atoms with Crippen LogP contribution in [0.3, 0.4) is 0 Å². The molecule has 4 saturated carbocycles. The van der Waals surface area contributed by atoms with E-state index < -0.39 is 34.3 Å². The number of aromatic nitrogens is 2. The van der Waals surface area contributed by atoms with Gasteiger partial charge in [-0.2, -0.15) is 0 Å². The molecule has 3 N–H and O–H groups in total. The van der Waals surface area contributed by atoms with Crippen LogP contribution in [0, 0.1) is 23.1 Å². The zero-order valence-corrected chi connectivity index (χ0v) is 25.2. The molecular formula is C31H41ClFN5O3. The third-order valence-corrected chi connectivity index (χ3v) is 9.86. The smallest absolute Gasteiger partial charge is 0.272 e. The number of imidazole rings is 1. The van der Waals surface area contributed by atoms with Crippen LogP contribution in [0.25, 0.3) is 11.4 Å². The number of halogens is 2. The fraction of sp³-hybridized carbons (Fsp3) is 0.645. The third kappa shape index (κ3) is 5.41. The number of amides is 2. The van der Waals surface area contributed by atoms with Crippen molar-refractivity contribution in [3.63, 3.8) is 0 Å². The van der Waals surface area contributed by atoms with Crippen LogP contribution in [0.5, 0.6) is 0 Å². The first-order valence-electron chi connectivity index (χ1n) is 14.8. The number of carbonyl (C=O) groups is 2. The minimum Gasteiger partial charge on any atom is -0.390 e. The van der Waals surface area contributed by atoms with Gasteiger partial charge in [-0.3, -0.25) is 9.59 Å². The van der Waals surface area contributed by atoms with Gasteiger partial charge in [-0.05, 0) is 94.0 Å². The van der Waals surface area contributed by atoms with Crippen molar-refractivity contribution in [3.8, 4) is 11.4 Å². The van der Waals surface area contributed by atoms with Crippen molar-refractivity contribution in [1.29, 1.82) is 0 Å². The largest absolute Gasteiger partial charge is 0.390 e. The van der Waals surface area contributed by atoms with Gasteiger partial charge in [-0.15, -0.1) is 0 Å². The van der Waals surface area contributed by atoms with Gasteiger partial charge in [0.2, 0.25) is 5.91 Å². The molecular weight excluding hydrogens is 545 g/mol. The first-order chi connectivity index (χ1) is 19.2. The lowest BCUT2D eigenvalue weighted by molar-refractivity contribution is -0.152. The van der Waals surface area contributed by atoms with Crippen molar-refractivity contribution < 1.29 is 19.1 Å². The molecule has 10 heteroatoms. The Labute approximate surface area is 246 Å². The highest BCUT2D eigenvalue weighted by Crippen LogP contribution is 2.57. The number of rotatable bonds is 5. The van der Waals surface area contributed by atoms with Crippen molar-refractivity contribution >= 4 is 23.4 Å². The summed E-state index contributed by atoms with van der Waals surface area (Å²) in [5, 5.41) is 17.9. The number of nitrogens with one attached hydrogen (secondary N) is 2. The Balaban J connectivity index is 1.31. The maximum atomic E-state index is 15.0. The summed E-state index contributed by atoms with van der Waals surface area (Å²) >= 11 is 6.21. The zero-order valence-electron chi connectivity index (χ0n) is 24.4. The first kappa shape index (κ1) is 28.6. The number of fused-ring (bicyclic) bond motifs is 1. The molecule has 0 radical (unpaired) electrons. The van der Waals surface area contributed by atoms with Crippen LogP contribution in [0.2, 0.25) is 5.02 Å². The van der Waals surface area contributed by atoms with Crippen molar-refractivity contribution in [3.05, 3.63) is 40.4 Å². The van der Waals surface area contributed by atoms with Crippen LogP contribution in [-0.2, 0) is 17.9 Å². The fourth-order valence-electron chi connectivity index (χ4n) is 8.35. The molecule has 2 heterocycles. The van der Waals surface area contributed by atoms with Crippen LogP contribution >= 0.6 is 11.6 Å². The minimum absolute atomic E-state index is 0.194. The lowest BCUT2D eigenvalue weighted by Crippen LogP contribution is -2.68. The van der Waals surface area contributed by atoms with Gasteiger partial charge in [-0.1, -0.05) is 32.4 Å². The van der Waals surface area contributed by atoms with E-state index in [-0.39, 0.29) is 17.2 Å². The lowest BCUT2D eigenvalue weighted by Gasteiger charge is -2.60. The van der Waals surface area contributed by atoms with Gasteiger partial charge < -0.3 is 25.2 Å². The predicted molar refractivity (Wildman–Crippen MR) is 155 cm³/mol. The first-order valence-corrected chi connectivity index (χ1v) is 15.2. The van der Waals surface area contributed by atoms with Gasteiger partial charge >= 0.3 is 0 Å². The van der Waals surface area contributed by atoms with Crippen LogP contribution in [0.1, 0.15) is 81.9 Å². The summed E-state index contributed by atoms with van der Waals surface area (Å²) in [5.74, 6) is 0.0480. The van der Waals surface area contributed by atoms with Crippen LogP contribution in [0.15, 0.2) is 18.2 Å². The maximum Gasteiger partial charge on any atom is 0.272 e. The quantitative estimate of drug-likeness (QED) is 0.479. The van der Waals surface area contributed by atoms with E-state index in [1.54, 1.807) is 0 Å². The van der Waals surface area contributed by atoms with Gasteiger partial charge in [0.15, 0.2) is 5.69 Å². The van der Waals surface area contributed by atoms with Crippen LogP contribution in [0.4, 0.5) is 4.39 Å². The summed E-state index contributed by atoms with van der Waals surface area (Å²) in [7, 11) is 1.98. The number of hydrogen-bond acceptors (Lipinski definition) is 5. The predicted octanol–water partition coefficient (Wildman–Crippen LogP) is 4.52. The summed E-state index contributed by atoms with van der Waals surface area (Å²) in [6.07, 6.45) is 5.88. The fourth-order valence-corrected chi connectivity index (χ4v) is 8.52. The lowest BCUT2D eigenvalue weighted by atomic mass is 9.51. The average Bonchev–Trinajstić information content (AvgIpc) is 3.07. The molecule has 2 aromatic rings. The number of nitrogens with zero attached hydrogens (tertiary/aromatic N) is 3. The Morgan fingerprint density at radius 2 is 1.88 bits per heavy atom. The molecule has 5 aliphatic rings. The maximum absolute atomic E-state index is 15.0. The molecule has 41 heavy (non-hydrogen) atoms. The second-order valence-corrected chi connectivity index (χ2v) is 14.8. The van der Waals surface area contributed by atoms with Gasteiger partial charge in [0.05, 0.1) is 16.9 Å². The molecule has 0 saturated heterocycles. The normalized spacial score (nSPS) is 30.0. The average molecular weight is 586 g/mol. The topological polar surface area (TPSA) is 99.5 Å². The number of aliphatic hydroxyl groups is 1. The van der Waals surface area contributed by atoms with Crippen LogP contribution < -0.4 is 10.6 Å². The Morgan fingerprint density at radius 1 is 1.17 bits per heavy atom. The van der Waals surface area contributed by atoms with Gasteiger partial charge in [0.1, 0.15) is 17.7 Å². The Hall–Kier alpha value is -2.49. The molecule has 1 aromatic carbocycles. The highest BCUT2D eigenvalue weighted by molar-refractivity contribution is 6.30. The van der Waals surface area contributed by atoms with E-state index in [0.717, 1.165) is 45.1 Å². The SMILES string of the molecule is CN1CCCn2c(-c3cc(Cl)ccc3F)nc(C(=O)N[C@H](C(=O)NC34C[C@@H]5C[C@@H](CC(O)(C5)C3)C4)C(C)(C)C)c2C1. The van der Waals surface area contributed by atoms with E-state index in [1.807, 2.05) is 32.4 Å². The van der Waals surface area contributed by atoms with Crippen molar-refractivity contribution in [2.75, 3.05) is 13.6 Å². The van der Waals surface area contributed by atoms with E-state index in [1.165, 1.54) is 18.2 Å². The minimum atomic E-state index is -0.829. The molecule has 1 aromatic heterocycles. The van der Waals surface area contributed by atoms with E-state index in [4.69, 9.17) is 11.6 Å². The molecule has 1 aliphatic heterocycles. The Morgan fingerprint density at radius 3 is 2.54 bits per heavy atom. The third-order valence-electron chi connectivity index (χ3n) is 9.62. The number of benzene rings is 1. The monoisotopic (exact) mass is 585 g/mol. The van der Waals surface area contributed by atoms with Crippen molar-refractivity contribution in [1.82, 2.24) is 25.1 Å². The molecule has 7 rings (SSSR count). The Bertz CT molecular complexity index is 1370. The molecule has 2 amide bonds. The van der Waals surface area contributed by atoms with Crippen LogP contribution in [-0.4, -0.2) is 62.1 Å². The number of hydrogen-bond donors (Lipinski definition) is 3. The highest BCUT2D eigenvalue weighted by atomic mass is 35.5. The molecule has 2 unspecified atom stereocenters. The molecule has 5 atom stereocenters. The van der Waals surface area contributed by atoms with Gasteiger partial charge in [-0.25, -0.2) is 9.37 Å². The molecule has 8 nitrogen and oxygen atoms in total. The van der Waals surface area contributed by atoms with Crippen molar-refractivity contribution in [2.24, 2.45) is 17.3 Å². The van der Waals surface area contributed by atoms with E-state index in [0.29, 0.717) is 47.9 Å². The van der Waals surface area contributed by atoms with E-state index in [2.05, 4.69) is 20.5 Å². The molecule has 0 spiro atoms. The highest BCUT2D eigenvalue weighted by Gasteiger charge is 2.58. The van der Waals surface area contributed by atoms with Gasteiger partial charge in [0, 0.05) is 23.7 Å². The second-order valence-electron chi connectivity index (χ2n) is 14.3. The summed E-state index contributed by atoms with van der Waals surface area (Å²) in [6, 6.07) is 3.50. The summed E-state index contributed by atoms with van der Waals surface area (Å²) in [4.78, 5) is 34.7. The van der Waals surface area contributed by atoms with Crippen molar-refractivity contribution in [2.45, 2.75) is 96.0 Å². The molecule has 4 aliphatic carbocycles. The zero-order chi connectivity index (χ0) is 29.3. The number of carbonyl (C=O) groups excluding carboxylic acids is 2. The summed E-state index contributed by atoms with van der Waals surface area (Å²) in [5.41, 5.74) is -0.604. The Kier molecular flexibility index (Phi) is 7.02. The van der Waals surface area contributed by atoms with Gasteiger partial charge in [0.25, 0.3) is 5.91 Å². The standard InChI is InChI=1S/C31H41ClFN5O3/c1-29(2,3)25(28(40)36-30-12-18-10-19(13-30)15-31(41,14-18)17-30)35-27(39)24-23-16-37(4)8-5-9-38(23)26(34-24)21-11-20(32)6-7-22(21)33/h6-7,11,18-19,25,41H,5,8-10,12-17H2,1-4H3,(H,35,39)(H,36,40)/t18-,19+,25-,30?,31?/m1/s1. The molecule has 4 bridgehead atoms. The van der Waals surface area contributed by atoms with E-state index >= 15 is 0 Å².